The molecule has 3 nitrogen and oxygen atoms in total. The zero-order valence-corrected chi connectivity index (χ0v) is 12.6. The first kappa shape index (κ1) is 15.6. The van der Waals surface area contributed by atoms with Gasteiger partial charge in [0.1, 0.15) is 6.04 Å². The summed E-state index contributed by atoms with van der Waals surface area (Å²) in [7, 11) is 0. The maximum atomic E-state index is 11.5. The standard InChI is InChI=1S/C17H19NO2S/c19-17(20)16(13-21)18(11-14-7-3-1-4-8-14)12-15-9-5-2-6-10-15/h1-10,16,21H,11-13H2,(H,19,20)/t16-/m0/s1. The number of carboxylic acid groups (broad SMARTS) is 1. The van der Waals surface area contributed by atoms with E-state index in [4.69, 9.17) is 0 Å². The second-order valence-electron chi connectivity index (χ2n) is 4.91. The van der Waals surface area contributed by atoms with Crippen molar-refractivity contribution in [2.45, 2.75) is 19.1 Å². The SMILES string of the molecule is O=C(O)[C@H](CS)N(Cc1ccccc1)Cc1ccccc1. The van der Waals surface area contributed by atoms with Gasteiger partial charge >= 0.3 is 5.97 Å². The fourth-order valence-corrected chi connectivity index (χ4v) is 2.65. The summed E-state index contributed by atoms with van der Waals surface area (Å²) in [6.45, 7) is 1.18. The predicted octanol–water partition coefficient (Wildman–Crippen LogP) is 3.07. The molecule has 0 unspecified atom stereocenters. The van der Waals surface area contributed by atoms with Gasteiger partial charge in [-0.1, -0.05) is 60.7 Å². The van der Waals surface area contributed by atoms with Gasteiger partial charge in [0.25, 0.3) is 0 Å². The minimum absolute atomic E-state index is 0.287. The Morgan fingerprint density at radius 1 is 0.952 bits per heavy atom. The molecule has 1 atom stereocenters. The van der Waals surface area contributed by atoms with E-state index in [0.717, 1.165) is 11.1 Å². The van der Waals surface area contributed by atoms with Gasteiger partial charge in [-0.3, -0.25) is 9.69 Å². The van der Waals surface area contributed by atoms with Crippen LogP contribution in [-0.4, -0.2) is 27.8 Å². The second-order valence-corrected chi connectivity index (χ2v) is 5.28. The van der Waals surface area contributed by atoms with Crippen LogP contribution in [0.15, 0.2) is 60.7 Å². The number of carboxylic acids is 1. The lowest BCUT2D eigenvalue weighted by atomic mass is 10.1. The summed E-state index contributed by atoms with van der Waals surface area (Å²) in [5.41, 5.74) is 2.20. The van der Waals surface area contributed by atoms with Crippen molar-refractivity contribution in [1.29, 1.82) is 0 Å². The van der Waals surface area contributed by atoms with Gasteiger partial charge < -0.3 is 5.11 Å². The molecule has 0 heterocycles. The van der Waals surface area contributed by atoms with Crippen molar-refractivity contribution in [3.63, 3.8) is 0 Å². The van der Waals surface area contributed by atoms with Crippen molar-refractivity contribution in [2.24, 2.45) is 0 Å². The molecule has 0 amide bonds. The van der Waals surface area contributed by atoms with Crippen molar-refractivity contribution >= 4 is 18.6 Å². The molecule has 0 radical (unpaired) electrons. The van der Waals surface area contributed by atoms with Crippen molar-refractivity contribution < 1.29 is 9.90 Å². The first-order chi connectivity index (χ1) is 10.2. The van der Waals surface area contributed by atoms with Crippen LogP contribution >= 0.6 is 12.6 Å². The number of hydrogen-bond donors (Lipinski definition) is 2. The number of nitrogens with zero attached hydrogens (tertiary/aromatic N) is 1. The first-order valence-corrected chi connectivity index (χ1v) is 7.49. The van der Waals surface area contributed by atoms with Crippen LogP contribution in [0.2, 0.25) is 0 Å². The molecule has 0 saturated carbocycles. The van der Waals surface area contributed by atoms with E-state index in [2.05, 4.69) is 12.6 Å². The Bertz CT molecular complexity index is 518. The Kier molecular flexibility index (Phi) is 5.84. The molecule has 4 heteroatoms. The zero-order valence-electron chi connectivity index (χ0n) is 11.7. The summed E-state index contributed by atoms with van der Waals surface area (Å²) in [6.07, 6.45) is 0. The fourth-order valence-electron chi connectivity index (χ4n) is 2.26. The van der Waals surface area contributed by atoms with Crippen molar-refractivity contribution in [3.05, 3.63) is 71.8 Å². The van der Waals surface area contributed by atoms with Crippen molar-refractivity contribution in [2.75, 3.05) is 5.75 Å². The van der Waals surface area contributed by atoms with E-state index in [0.29, 0.717) is 13.1 Å². The third-order valence-corrected chi connectivity index (χ3v) is 3.70. The lowest BCUT2D eigenvalue weighted by Crippen LogP contribution is -2.41. The molecule has 1 N–H and O–H groups in total. The maximum Gasteiger partial charge on any atom is 0.321 e. The maximum absolute atomic E-state index is 11.5. The average molecular weight is 301 g/mol. The van der Waals surface area contributed by atoms with Crippen molar-refractivity contribution in [1.82, 2.24) is 4.90 Å². The van der Waals surface area contributed by atoms with Gasteiger partial charge in [-0.15, -0.1) is 0 Å². The second kappa shape index (κ2) is 7.86. The highest BCUT2D eigenvalue weighted by atomic mass is 32.1. The molecule has 2 aromatic rings. The Morgan fingerprint density at radius 3 is 1.71 bits per heavy atom. The smallest absolute Gasteiger partial charge is 0.321 e. The summed E-state index contributed by atoms with van der Waals surface area (Å²) < 4.78 is 0. The molecule has 2 aromatic carbocycles. The molecular weight excluding hydrogens is 282 g/mol. The lowest BCUT2D eigenvalue weighted by molar-refractivity contribution is -0.142. The number of carbonyl (C=O) groups is 1. The summed E-state index contributed by atoms with van der Waals surface area (Å²) >= 11 is 4.20. The van der Waals surface area contributed by atoms with Gasteiger partial charge in [-0.2, -0.15) is 12.6 Å². The molecule has 0 aliphatic heterocycles. The Hall–Kier alpha value is -1.78. The largest absolute Gasteiger partial charge is 0.480 e. The Balaban J connectivity index is 2.19. The molecular formula is C17H19NO2S. The minimum atomic E-state index is -0.836. The lowest BCUT2D eigenvalue weighted by Gasteiger charge is -2.28. The van der Waals surface area contributed by atoms with Crippen LogP contribution in [-0.2, 0) is 17.9 Å². The van der Waals surface area contributed by atoms with Gasteiger partial charge in [-0.05, 0) is 11.1 Å². The summed E-state index contributed by atoms with van der Waals surface area (Å²) in [6, 6.07) is 19.2. The van der Waals surface area contributed by atoms with E-state index in [9.17, 15) is 9.90 Å². The normalized spacial score (nSPS) is 12.3. The topological polar surface area (TPSA) is 40.5 Å². The molecule has 0 aliphatic carbocycles. The number of aliphatic carboxylic acids is 1. The van der Waals surface area contributed by atoms with E-state index in [-0.39, 0.29) is 5.75 Å². The number of benzene rings is 2. The van der Waals surface area contributed by atoms with Crippen LogP contribution in [0.25, 0.3) is 0 Å². The quantitative estimate of drug-likeness (QED) is 0.772. The molecule has 0 fully saturated rings. The average Bonchev–Trinajstić information content (AvgIpc) is 2.49. The Morgan fingerprint density at radius 2 is 1.38 bits per heavy atom. The van der Waals surface area contributed by atoms with Crippen LogP contribution in [0.3, 0.4) is 0 Å². The number of thiol groups is 1. The molecule has 0 saturated heterocycles. The van der Waals surface area contributed by atoms with Gasteiger partial charge in [0.15, 0.2) is 0 Å². The molecule has 0 aromatic heterocycles. The van der Waals surface area contributed by atoms with Gasteiger partial charge in [-0.25, -0.2) is 0 Å². The summed E-state index contributed by atoms with van der Waals surface area (Å²) in [5.74, 6) is -0.550. The first-order valence-electron chi connectivity index (χ1n) is 6.86. The minimum Gasteiger partial charge on any atom is -0.480 e. The van der Waals surface area contributed by atoms with E-state index in [1.54, 1.807) is 0 Å². The van der Waals surface area contributed by atoms with E-state index >= 15 is 0 Å². The van der Waals surface area contributed by atoms with Gasteiger partial charge in [0.2, 0.25) is 0 Å². The van der Waals surface area contributed by atoms with Crippen LogP contribution in [0.4, 0.5) is 0 Å². The van der Waals surface area contributed by atoms with Crippen LogP contribution in [0.1, 0.15) is 11.1 Å². The number of hydrogen-bond acceptors (Lipinski definition) is 3. The highest BCUT2D eigenvalue weighted by Gasteiger charge is 2.24. The van der Waals surface area contributed by atoms with E-state index < -0.39 is 12.0 Å². The Labute approximate surface area is 130 Å². The molecule has 110 valence electrons. The van der Waals surface area contributed by atoms with Crippen LogP contribution < -0.4 is 0 Å². The van der Waals surface area contributed by atoms with Gasteiger partial charge in [0.05, 0.1) is 0 Å². The zero-order chi connectivity index (χ0) is 15.1. The van der Waals surface area contributed by atoms with E-state index in [1.165, 1.54) is 0 Å². The summed E-state index contributed by atoms with van der Waals surface area (Å²) in [5, 5.41) is 9.41. The van der Waals surface area contributed by atoms with Crippen molar-refractivity contribution in [3.8, 4) is 0 Å². The molecule has 21 heavy (non-hydrogen) atoms. The van der Waals surface area contributed by atoms with Crippen LogP contribution in [0, 0.1) is 0 Å². The highest BCUT2D eigenvalue weighted by Crippen LogP contribution is 2.14. The molecule has 0 aliphatic rings. The molecule has 2 rings (SSSR count). The predicted molar refractivity (Wildman–Crippen MR) is 87.4 cm³/mol. The van der Waals surface area contributed by atoms with Crippen LogP contribution in [0.5, 0.6) is 0 Å². The highest BCUT2D eigenvalue weighted by molar-refractivity contribution is 7.80. The third-order valence-electron chi connectivity index (χ3n) is 3.36. The summed E-state index contributed by atoms with van der Waals surface area (Å²) in [4.78, 5) is 13.4. The van der Waals surface area contributed by atoms with Gasteiger partial charge in [0, 0.05) is 18.8 Å². The fraction of sp³-hybridized carbons (Fsp3) is 0.235. The van der Waals surface area contributed by atoms with E-state index in [1.807, 2.05) is 65.6 Å². The molecule has 0 spiro atoms. The monoisotopic (exact) mass is 301 g/mol. The third kappa shape index (κ3) is 4.62. The molecule has 0 bridgehead atoms. The number of rotatable bonds is 7.